The SMILES string of the molecule is CC1CC(Nc2c(Cl)cc(Br)cc2Cl)CN1C. The van der Waals surface area contributed by atoms with E-state index in [0.717, 1.165) is 23.1 Å². The zero-order valence-corrected chi connectivity index (χ0v) is 12.9. The topological polar surface area (TPSA) is 15.3 Å². The fourth-order valence-electron chi connectivity index (χ4n) is 2.18. The molecule has 1 saturated heterocycles. The van der Waals surface area contributed by atoms with Gasteiger partial charge in [0.2, 0.25) is 0 Å². The van der Waals surface area contributed by atoms with Gasteiger partial charge in [-0.1, -0.05) is 39.1 Å². The lowest BCUT2D eigenvalue weighted by Crippen LogP contribution is -2.25. The van der Waals surface area contributed by atoms with Crippen LogP contribution >= 0.6 is 39.1 Å². The number of nitrogens with one attached hydrogen (secondary N) is 1. The quantitative estimate of drug-likeness (QED) is 0.867. The molecule has 2 unspecified atom stereocenters. The van der Waals surface area contributed by atoms with E-state index in [1.165, 1.54) is 0 Å². The third-order valence-electron chi connectivity index (χ3n) is 3.24. The van der Waals surface area contributed by atoms with Crippen molar-refractivity contribution in [3.63, 3.8) is 0 Å². The van der Waals surface area contributed by atoms with Gasteiger partial charge in [-0.2, -0.15) is 0 Å². The van der Waals surface area contributed by atoms with Crippen molar-refractivity contribution in [1.82, 2.24) is 4.90 Å². The molecular formula is C12H15BrCl2N2. The van der Waals surface area contributed by atoms with E-state index in [-0.39, 0.29) is 0 Å². The molecule has 0 amide bonds. The molecule has 0 radical (unpaired) electrons. The van der Waals surface area contributed by atoms with Crippen molar-refractivity contribution in [3.8, 4) is 0 Å². The normalized spacial score (nSPS) is 25.2. The van der Waals surface area contributed by atoms with E-state index >= 15 is 0 Å². The van der Waals surface area contributed by atoms with Crippen LogP contribution in [0, 0.1) is 0 Å². The number of hydrogen-bond donors (Lipinski definition) is 1. The second kappa shape index (κ2) is 5.35. The maximum absolute atomic E-state index is 6.20. The highest BCUT2D eigenvalue weighted by Gasteiger charge is 2.26. The summed E-state index contributed by atoms with van der Waals surface area (Å²) in [5.41, 5.74) is 0.837. The standard InChI is InChI=1S/C12H15BrCl2N2/c1-7-3-9(6-17(7)2)16-12-10(14)4-8(13)5-11(12)15/h4-5,7,9,16H,3,6H2,1-2H3. The average Bonchev–Trinajstić information content (AvgIpc) is 2.52. The van der Waals surface area contributed by atoms with Crippen LogP contribution in [0.5, 0.6) is 0 Å². The molecule has 1 fully saturated rings. The summed E-state index contributed by atoms with van der Waals surface area (Å²) in [6.07, 6.45) is 1.11. The van der Waals surface area contributed by atoms with Crippen molar-refractivity contribution in [2.24, 2.45) is 0 Å². The van der Waals surface area contributed by atoms with Gasteiger partial charge in [0.05, 0.1) is 15.7 Å². The van der Waals surface area contributed by atoms with Crippen LogP contribution < -0.4 is 5.32 Å². The van der Waals surface area contributed by atoms with E-state index in [0.29, 0.717) is 22.1 Å². The molecular weight excluding hydrogens is 323 g/mol. The van der Waals surface area contributed by atoms with Gasteiger partial charge in [0.15, 0.2) is 0 Å². The van der Waals surface area contributed by atoms with E-state index in [9.17, 15) is 0 Å². The second-order valence-corrected chi connectivity index (χ2v) is 6.34. The molecule has 2 rings (SSSR count). The Bertz CT molecular complexity index is 392. The van der Waals surface area contributed by atoms with E-state index in [1.807, 2.05) is 12.1 Å². The number of nitrogens with zero attached hydrogens (tertiary/aromatic N) is 1. The maximum Gasteiger partial charge on any atom is 0.0722 e. The van der Waals surface area contributed by atoms with Gasteiger partial charge in [-0.15, -0.1) is 0 Å². The predicted octanol–water partition coefficient (Wildman–Crippen LogP) is 4.26. The summed E-state index contributed by atoms with van der Waals surface area (Å²) in [6, 6.07) is 4.72. The number of anilines is 1. The van der Waals surface area contributed by atoms with E-state index in [4.69, 9.17) is 23.2 Å². The maximum atomic E-state index is 6.20. The van der Waals surface area contributed by atoms with Crippen molar-refractivity contribution < 1.29 is 0 Å². The molecule has 0 spiro atoms. The molecule has 94 valence electrons. The van der Waals surface area contributed by atoms with Crippen molar-refractivity contribution in [2.75, 3.05) is 18.9 Å². The van der Waals surface area contributed by atoms with Crippen LogP contribution in [0.25, 0.3) is 0 Å². The molecule has 0 bridgehead atoms. The van der Waals surface area contributed by atoms with Crippen molar-refractivity contribution >= 4 is 44.8 Å². The molecule has 0 saturated carbocycles. The van der Waals surface area contributed by atoms with Gasteiger partial charge >= 0.3 is 0 Å². The number of likely N-dealkylation sites (N-methyl/N-ethyl adjacent to an activating group) is 1. The zero-order chi connectivity index (χ0) is 12.6. The Balaban J connectivity index is 2.14. The minimum Gasteiger partial charge on any atom is -0.379 e. The van der Waals surface area contributed by atoms with Crippen molar-refractivity contribution in [2.45, 2.75) is 25.4 Å². The largest absolute Gasteiger partial charge is 0.379 e. The summed E-state index contributed by atoms with van der Waals surface area (Å²) in [6.45, 7) is 3.25. The fraction of sp³-hybridized carbons (Fsp3) is 0.500. The van der Waals surface area contributed by atoms with Gasteiger partial charge in [-0.25, -0.2) is 0 Å². The summed E-state index contributed by atoms with van der Waals surface area (Å²) in [4.78, 5) is 2.33. The molecule has 1 heterocycles. The van der Waals surface area contributed by atoms with Crippen LogP contribution in [0.2, 0.25) is 10.0 Å². The third kappa shape index (κ3) is 3.08. The van der Waals surface area contributed by atoms with Gasteiger partial charge in [0.1, 0.15) is 0 Å². The monoisotopic (exact) mass is 336 g/mol. The highest BCUT2D eigenvalue weighted by molar-refractivity contribution is 9.10. The number of benzene rings is 1. The van der Waals surface area contributed by atoms with Gasteiger partial charge in [0.25, 0.3) is 0 Å². The smallest absolute Gasteiger partial charge is 0.0722 e. The Morgan fingerprint density at radius 3 is 2.41 bits per heavy atom. The lowest BCUT2D eigenvalue weighted by atomic mass is 10.2. The molecule has 1 N–H and O–H groups in total. The highest BCUT2D eigenvalue weighted by atomic mass is 79.9. The highest BCUT2D eigenvalue weighted by Crippen LogP contribution is 2.35. The Hall–Kier alpha value is 0.0400. The molecule has 2 nitrogen and oxygen atoms in total. The molecule has 17 heavy (non-hydrogen) atoms. The first-order valence-corrected chi connectivity index (χ1v) is 7.13. The van der Waals surface area contributed by atoms with Crippen LogP contribution in [-0.4, -0.2) is 30.6 Å². The van der Waals surface area contributed by atoms with E-state index in [2.05, 4.69) is 40.1 Å². The van der Waals surface area contributed by atoms with Crippen LogP contribution in [-0.2, 0) is 0 Å². The lowest BCUT2D eigenvalue weighted by molar-refractivity contribution is 0.330. The average molecular weight is 338 g/mol. The molecule has 0 aliphatic carbocycles. The molecule has 1 aliphatic rings. The summed E-state index contributed by atoms with van der Waals surface area (Å²) in [5.74, 6) is 0. The van der Waals surface area contributed by atoms with Gasteiger partial charge in [-0.05, 0) is 32.5 Å². The molecule has 1 aromatic carbocycles. The van der Waals surface area contributed by atoms with Crippen molar-refractivity contribution in [1.29, 1.82) is 0 Å². The summed E-state index contributed by atoms with van der Waals surface area (Å²) in [7, 11) is 2.14. The van der Waals surface area contributed by atoms with Crippen LogP contribution in [0.4, 0.5) is 5.69 Å². The van der Waals surface area contributed by atoms with Gasteiger partial charge in [-0.3, -0.25) is 0 Å². The first-order chi connectivity index (χ1) is 7.97. The van der Waals surface area contributed by atoms with Crippen LogP contribution in [0.1, 0.15) is 13.3 Å². The van der Waals surface area contributed by atoms with Crippen LogP contribution in [0.3, 0.4) is 0 Å². The number of hydrogen-bond acceptors (Lipinski definition) is 2. The first-order valence-electron chi connectivity index (χ1n) is 5.58. The minimum absolute atomic E-state index is 0.408. The Kier molecular flexibility index (Phi) is 4.24. The third-order valence-corrected chi connectivity index (χ3v) is 4.30. The Labute approximate surface area is 120 Å². The molecule has 0 aromatic heterocycles. The molecule has 1 aliphatic heterocycles. The summed E-state index contributed by atoms with van der Waals surface area (Å²) < 4.78 is 0.898. The van der Waals surface area contributed by atoms with Gasteiger partial charge < -0.3 is 10.2 Å². The number of halogens is 3. The minimum atomic E-state index is 0.408. The summed E-state index contributed by atoms with van der Waals surface area (Å²) in [5, 5.41) is 4.76. The Morgan fingerprint density at radius 2 is 1.94 bits per heavy atom. The van der Waals surface area contributed by atoms with Gasteiger partial charge in [0, 0.05) is 23.1 Å². The summed E-state index contributed by atoms with van der Waals surface area (Å²) >= 11 is 15.8. The van der Waals surface area contributed by atoms with Crippen LogP contribution in [0.15, 0.2) is 16.6 Å². The fourth-order valence-corrected chi connectivity index (χ4v) is 3.50. The number of likely N-dealkylation sites (tertiary alicyclic amines) is 1. The molecule has 2 atom stereocenters. The lowest BCUT2D eigenvalue weighted by Gasteiger charge is -2.17. The second-order valence-electron chi connectivity index (χ2n) is 4.61. The van der Waals surface area contributed by atoms with Crippen molar-refractivity contribution in [3.05, 3.63) is 26.7 Å². The first kappa shape index (κ1) is 13.5. The Morgan fingerprint density at radius 1 is 1.35 bits per heavy atom. The zero-order valence-electron chi connectivity index (χ0n) is 9.80. The molecule has 1 aromatic rings. The van der Waals surface area contributed by atoms with E-state index < -0.39 is 0 Å². The van der Waals surface area contributed by atoms with E-state index in [1.54, 1.807) is 0 Å². The predicted molar refractivity (Wildman–Crippen MR) is 78.3 cm³/mol. The molecule has 5 heteroatoms. The number of rotatable bonds is 2.